The van der Waals surface area contributed by atoms with Crippen LogP contribution in [0.4, 0.5) is 4.39 Å². The highest BCUT2D eigenvalue weighted by atomic mass is 19.1. The van der Waals surface area contributed by atoms with Crippen molar-refractivity contribution in [1.29, 1.82) is 0 Å². The molecule has 1 N–H and O–H groups in total. The van der Waals surface area contributed by atoms with Crippen LogP contribution in [0.1, 0.15) is 48.9 Å². The van der Waals surface area contributed by atoms with Crippen LogP contribution in [0.5, 0.6) is 5.75 Å². The van der Waals surface area contributed by atoms with E-state index in [1.807, 2.05) is 0 Å². The fraction of sp³-hybridized carbons (Fsp3) is 0.250. The molecule has 180 valence electrons. The molecule has 1 aliphatic heterocycles. The molecular formula is C28H27FN2O4. The van der Waals surface area contributed by atoms with Crippen molar-refractivity contribution < 1.29 is 23.8 Å². The first-order chi connectivity index (χ1) is 17.0. The van der Waals surface area contributed by atoms with E-state index in [0.29, 0.717) is 17.9 Å². The van der Waals surface area contributed by atoms with Gasteiger partial charge in [-0.25, -0.2) is 4.39 Å². The Hall–Kier alpha value is -4.00. The lowest BCUT2D eigenvalue weighted by Crippen LogP contribution is -2.29. The van der Waals surface area contributed by atoms with E-state index in [9.17, 15) is 19.1 Å². The van der Waals surface area contributed by atoms with E-state index >= 15 is 0 Å². The maximum atomic E-state index is 14.9. The SMILES string of the molecule is CCCCCOc1ccc(/C(O)=C2/C(=O)C(=O)N(Cc3ccncc3)C2c2ccccc2F)cc1. The summed E-state index contributed by atoms with van der Waals surface area (Å²) < 4.78 is 20.6. The molecule has 0 aliphatic carbocycles. The van der Waals surface area contributed by atoms with Crippen molar-refractivity contribution in [2.24, 2.45) is 0 Å². The molecule has 1 amide bonds. The number of carbonyl (C=O) groups excluding carboxylic acids is 2. The minimum atomic E-state index is -1.07. The van der Waals surface area contributed by atoms with Crippen LogP contribution < -0.4 is 4.74 Å². The zero-order valence-corrected chi connectivity index (χ0v) is 19.5. The van der Waals surface area contributed by atoms with Crippen LogP contribution in [-0.4, -0.2) is 33.3 Å². The summed E-state index contributed by atoms with van der Waals surface area (Å²) in [6, 6.07) is 15.0. The number of Topliss-reactive ketones (excluding diaryl/α,β-unsaturated/α-hetero) is 1. The molecule has 0 radical (unpaired) electrons. The molecule has 4 rings (SSSR count). The Morgan fingerprint density at radius 1 is 1.03 bits per heavy atom. The standard InChI is InChI=1S/C28H27FN2O4/c1-2-3-6-17-35-21-11-9-20(10-12-21)26(32)24-25(22-7-4-5-8-23(22)29)31(28(34)27(24)33)18-19-13-15-30-16-14-19/h4-5,7-16,25,32H,2-3,6,17-18H2,1H3/b26-24-. The van der Waals surface area contributed by atoms with E-state index in [0.717, 1.165) is 24.8 Å². The van der Waals surface area contributed by atoms with Crippen molar-refractivity contribution in [1.82, 2.24) is 9.88 Å². The van der Waals surface area contributed by atoms with Gasteiger partial charge in [-0.05, 0) is 54.4 Å². The summed E-state index contributed by atoms with van der Waals surface area (Å²) in [5, 5.41) is 11.2. The zero-order valence-electron chi connectivity index (χ0n) is 19.5. The summed E-state index contributed by atoms with van der Waals surface area (Å²) in [6.45, 7) is 2.77. The number of nitrogens with zero attached hydrogens (tertiary/aromatic N) is 2. The van der Waals surface area contributed by atoms with Gasteiger partial charge in [0.15, 0.2) is 0 Å². The molecule has 1 unspecified atom stereocenters. The first-order valence-electron chi connectivity index (χ1n) is 11.7. The van der Waals surface area contributed by atoms with Crippen LogP contribution in [0.15, 0.2) is 78.6 Å². The van der Waals surface area contributed by atoms with Gasteiger partial charge in [-0.15, -0.1) is 0 Å². The summed E-state index contributed by atoms with van der Waals surface area (Å²) in [7, 11) is 0. The Kier molecular flexibility index (Phi) is 7.55. The molecular weight excluding hydrogens is 447 g/mol. The summed E-state index contributed by atoms with van der Waals surface area (Å²) in [5.74, 6) is -1.94. The third-order valence-corrected chi connectivity index (χ3v) is 5.99. The number of amides is 1. The average Bonchev–Trinajstić information content (AvgIpc) is 3.12. The Balaban J connectivity index is 1.71. The second-order valence-electron chi connectivity index (χ2n) is 8.38. The molecule has 2 heterocycles. The fourth-order valence-electron chi connectivity index (χ4n) is 4.15. The molecule has 1 aliphatic rings. The highest BCUT2D eigenvalue weighted by Gasteiger charge is 2.46. The molecule has 7 heteroatoms. The number of ketones is 1. The second kappa shape index (κ2) is 11.0. The van der Waals surface area contributed by atoms with E-state index < -0.39 is 23.5 Å². The van der Waals surface area contributed by atoms with Crippen LogP contribution >= 0.6 is 0 Å². The van der Waals surface area contributed by atoms with E-state index in [1.54, 1.807) is 54.9 Å². The van der Waals surface area contributed by atoms with Crippen LogP contribution in [0.25, 0.3) is 5.76 Å². The van der Waals surface area contributed by atoms with Gasteiger partial charge in [-0.3, -0.25) is 14.6 Å². The predicted octanol–water partition coefficient (Wildman–Crippen LogP) is 5.41. The number of likely N-dealkylation sites (tertiary alicyclic amines) is 1. The number of pyridine rings is 1. The molecule has 0 bridgehead atoms. The molecule has 1 aromatic heterocycles. The quantitative estimate of drug-likeness (QED) is 0.194. The molecule has 0 spiro atoms. The largest absolute Gasteiger partial charge is 0.507 e. The summed E-state index contributed by atoms with van der Waals surface area (Å²) in [5.41, 5.74) is 1.06. The van der Waals surface area contributed by atoms with Gasteiger partial charge in [-0.2, -0.15) is 0 Å². The van der Waals surface area contributed by atoms with Gasteiger partial charge in [0, 0.05) is 30.1 Å². The number of ether oxygens (including phenoxy) is 1. The minimum absolute atomic E-state index is 0.0629. The second-order valence-corrected chi connectivity index (χ2v) is 8.38. The van der Waals surface area contributed by atoms with Gasteiger partial charge in [0.2, 0.25) is 0 Å². The fourth-order valence-corrected chi connectivity index (χ4v) is 4.15. The zero-order chi connectivity index (χ0) is 24.8. The lowest BCUT2D eigenvalue weighted by Gasteiger charge is -2.25. The molecule has 2 aromatic carbocycles. The Labute approximate surface area is 203 Å². The maximum absolute atomic E-state index is 14.9. The van der Waals surface area contributed by atoms with Crippen LogP contribution in [0.3, 0.4) is 0 Å². The molecule has 3 aromatic rings. The molecule has 1 saturated heterocycles. The topological polar surface area (TPSA) is 79.7 Å². The molecule has 1 fully saturated rings. The monoisotopic (exact) mass is 474 g/mol. The normalized spacial score (nSPS) is 17.1. The van der Waals surface area contributed by atoms with E-state index in [4.69, 9.17) is 4.74 Å². The first-order valence-corrected chi connectivity index (χ1v) is 11.7. The minimum Gasteiger partial charge on any atom is -0.507 e. The predicted molar refractivity (Wildman–Crippen MR) is 130 cm³/mol. The highest BCUT2D eigenvalue weighted by molar-refractivity contribution is 6.46. The smallest absolute Gasteiger partial charge is 0.295 e. The van der Waals surface area contributed by atoms with Crippen LogP contribution in [0, 0.1) is 5.82 Å². The van der Waals surface area contributed by atoms with Crippen LogP contribution in [0.2, 0.25) is 0 Å². The third-order valence-electron chi connectivity index (χ3n) is 5.99. The summed E-state index contributed by atoms with van der Waals surface area (Å²) in [4.78, 5) is 31.4. The lowest BCUT2D eigenvalue weighted by molar-refractivity contribution is -0.140. The van der Waals surface area contributed by atoms with Crippen molar-refractivity contribution in [3.63, 3.8) is 0 Å². The molecule has 35 heavy (non-hydrogen) atoms. The van der Waals surface area contributed by atoms with Crippen molar-refractivity contribution in [3.8, 4) is 5.75 Å². The Bertz CT molecular complexity index is 1230. The number of hydrogen-bond acceptors (Lipinski definition) is 5. The van der Waals surface area contributed by atoms with Gasteiger partial charge in [-0.1, -0.05) is 38.0 Å². The lowest BCUT2D eigenvalue weighted by atomic mass is 9.94. The number of aliphatic hydroxyl groups excluding tert-OH is 1. The number of carbonyl (C=O) groups is 2. The number of unbranched alkanes of at least 4 members (excludes halogenated alkanes) is 2. The van der Waals surface area contributed by atoms with Crippen molar-refractivity contribution in [2.75, 3.05) is 6.61 Å². The average molecular weight is 475 g/mol. The van der Waals surface area contributed by atoms with Crippen molar-refractivity contribution >= 4 is 17.4 Å². The number of benzene rings is 2. The van der Waals surface area contributed by atoms with Crippen LogP contribution in [-0.2, 0) is 16.1 Å². The van der Waals surface area contributed by atoms with E-state index in [-0.39, 0.29) is 23.4 Å². The van der Waals surface area contributed by atoms with E-state index in [1.165, 1.54) is 23.1 Å². The summed E-state index contributed by atoms with van der Waals surface area (Å²) in [6.07, 6.45) is 6.28. The third kappa shape index (κ3) is 5.24. The molecule has 1 atom stereocenters. The highest BCUT2D eigenvalue weighted by Crippen LogP contribution is 2.41. The van der Waals surface area contributed by atoms with Crippen molar-refractivity contribution in [3.05, 3.63) is 101 Å². The molecule has 6 nitrogen and oxygen atoms in total. The Morgan fingerprint density at radius 2 is 1.74 bits per heavy atom. The van der Waals surface area contributed by atoms with Gasteiger partial charge in [0.25, 0.3) is 11.7 Å². The van der Waals surface area contributed by atoms with Crippen molar-refractivity contribution in [2.45, 2.75) is 38.8 Å². The maximum Gasteiger partial charge on any atom is 0.295 e. The number of halogens is 1. The van der Waals surface area contributed by atoms with Gasteiger partial charge in [0.1, 0.15) is 17.3 Å². The number of aromatic nitrogens is 1. The number of hydrogen-bond donors (Lipinski definition) is 1. The van der Waals surface area contributed by atoms with Gasteiger partial charge in [0.05, 0.1) is 18.2 Å². The number of aliphatic hydroxyl groups is 1. The first kappa shape index (κ1) is 24.1. The molecule has 0 saturated carbocycles. The number of rotatable bonds is 9. The summed E-state index contributed by atoms with van der Waals surface area (Å²) >= 11 is 0. The van der Waals surface area contributed by atoms with Gasteiger partial charge < -0.3 is 14.7 Å². The Morgan fingerprint density at radius 3 is 2.43 bits per heavy atom. The van der Waals surface area contributed by atoms with E-state index in [2.05, 4.69) is 11.9 Å². The van der Waals surface area contributed by atoms with Gasteiger partial charge >= 0.3 is 0 Å².